The van der Waals surface area contributed by atoms with Crippen LogP contribution in [0.4, 0.5) is 11.4 Å². The highest BCUT2D eigenvalue weighted by Gasteiger charge is 2.27. The number of benzene rings is 1. The molecule has 0 aromatic heterocycles. The molecule has 21 heavy (non-hydrogen) atoms. The quantitative estimate of drug-likeness (QED) is 0.416. The summed E-state index contributed by atoms with van der Waals surface area (Å²) in [6, 6.07) is 3.85. The first kappa shape index (κ1) is 17.3. The lowest BCUT2D eigenvalue weighted by Crippen LogP contribution is -2.35. The fraction of sp³-hybridized carbons (Fsp3) is 0.500. The van der Waals surface area contributed by atoms with Crippen LogP contribution in [0.15, 0.2) is 23.1 Å². The Morgan fingerprint density at radius 2 is 1.95 bits per heavy atom. The van der Waals surface area contributed by atoms with Crippen LogP contribution in [0.2, 0.25) is 0 Å². The van der Waals surface area contributed by atoms with Gasteiger partial charge in [0.15, 0.2) is 4.90 Å². The first-order chi connectivity index (χ1) is 9.83. The lowest BCUT2D eigenvalue weighted by molar-refractivity contribution is -0.386. The molecule has 1 aromatic rings. The van der Waals surface area contributed by atoms with Crippen LogP contribution in [0.3, 0.4) is 0 Å². The van der Waals surface area contributed by atoms with Crippen LogP contribution in [-0.4, -0.2) is 44.4 Å². The van der Waals surface area contributed by atoms with Crippen molar-refractivity contribution < 1.29 is 13.3 Å². The molecule has 0 fully saturated rings. The van der Waals surface area contributed by atoms with Crippen LogP contribution in [0.25, 0.3) is 0 Å². The number of hydrogen-bond acceptors (Lipinski definition) is 6. The Morgan fingerprint density at radius 1 is 1.33 bits per heavy atom. The van der Waals surface area contributed by atoms with Gasteiger partial charge in [-0.3, -0.25) is 10.1 Å². The number of para-hydroxylation sites is 1. The lowest BCUT2D eigenvalue weighted by Gasteiger charge is -2.18. The standard InChI is InChI=1S/C12H20N4O4S/c1-3-15(4-2)9-8-14-21(19,20)11-7-5-6-10(13)12(11)16(17)18/h5-7,14H,3-4,8-9,13H2,1-2H3. The highest BCUT2D eigenvalue weighted by Crippen LogP contribution is 2.29. The first-order valence-corrected chi connectivity index (χ1v) is 8.06. The number of nitrogen functional groups attached to an aromatic ring is 1. The Bertz CT molecular complexity index is 599. The Kier molecular flexibility index (Phi) is 6.06. The van der Waals surface area contributed by atoms with Gasteiger partial charge in [0.25, 0.3) is 0 Å². The molecule has 0 aliphatic heterocycles. The summed E-state index contributed by atoms with van der Waals surface area (Å²) in [5.74, 6) is 0. The van der Waals surface area contributed by atoms with E-state index >= 15 is 0 Å². The van der Waals surface area contributed by atoms with E-state index in [2.05, 4.69) is 4.72 Å². The van der Waals surface area contributed by atoms with Crippen LogP contribution < -0.4 is 10.5 Å². The number of sulfonamides is 1. The average molecular weight is 316 g/mol. The molecular weight excluding hydrogens is 296 g/mol. The summed E-state index contributed by atoms with van der Waals surface area (Å²) in [5, 5.41) is 11.0. The number of nitro groups is 1. The second-order valence-electron chi connectivity index (χ2n) is 4.38. The largest absolute Gasteiger partial charge is 0.393 e. The minimum atomic E-state index is -3.97. The molecule has 0 aliphatic carbocycles. The second-order valence-corrected chi connectivity index (χ2v) is 6.11. The molecule has 0 heterocycles. The van der Waals surface area contributed by atoms with Gasteiger partial charge in [0.05, 0.1) is 4.92 Å². The monoisotopic (exact) mass is 316 g/mol. The maximum atomic E-state index is 12.2. The van der Waals surface area contributed by atoms with E-state index in [1.165, 1.54) is 18.2 Å². The number of likely N-dealkylation sites (N-methyl/N-ethyl adjacent to an activating group) is 1. The Balaban J connectivity index is 2.94. The van der Waals surface area contributed by atoms with E-state index in [0.29, 0.717) is 6.54 Å². The van der Waals surface area contributed by atoms with E-state index < -0.39 is 25.5 Å². The predicted octanol–water partition coefficient (Wildman–Crippen LogP) is 0.797. The van der Waals surface area contributed by atoms with Crippen LogP contribution in [0.1, 0.15) is 13.8 Å². The molecule has 0 saturated heterocycles. The molecule has 118 valence electrons. The maximum Gasteiger partial charge on any atom is 0.312 e. The van der Waals surface area contributed by atoms with Crippen LogP contribution in [0.5, 0.6) is 0 Å². The number of rotatable bonds is 8. The number of nitro benzene ring substituents is 1. The summed E-state index contributed by atoms with van der Waals surface area (Å²) < 4.78 is 26.7. The normalized spacial score (nSPS) is 11.8. The molecule has 3 N–H and O–H groups in total. The number of nitrogens with two attached hydrogens (primary N) is 1. The predicted molar refractivity (Wildman–Crippen MR) is 80.5 cm³/mol. The van der Waals surface area contributed by atoms with Crippen molar-refractivity contribution in [1.82, 2.24) is 9.62 Å². The average Bonchev–Trinajstić information content (AvgIpc) is 2.43. The van der Waals surface area contributed by atoms with Gasteiger partial charge >= 0.3 is 5.69 Å². The van der Waals surface area contributed by atoms with E-state index in [0.717, 1.165) is 13.1 Å². The van der Waals surface area contributed by atoms with Gasteiger partial charge in [0, 0.05) is 13.1 Å². The van der Waals surface area contributed by atoms with E-state index in [1.54, 1.807) is 0 Å². The topological polar surface area (TPSA) is 119 Å². The Labute approximate surface area is 124 Å². The molecule has 8 nitrogen and oxygen atoms in total. The summed E-state index contributed by atoms with van der Waals surface area (Å²) in [6.07, 6.45) is 0. The third kappa shape index (κ3) is 4.38. The first-order valence-electron chi connectivity index (χ1n) is 6.58. The van der Waals surface area contributed by atoms with Gasteiger partial charge in [-0.05, 0) is 25.2 Å². The van der Waals surface area contributed by atoms with Gasteiger partial charge in [0.2, 0.25) is 10.0 Å². The van der Waals surface area contributed by atoms with Crippen LogP contribution in [-0.2, 0) is 10.0 Å². The highest BCUT2D eigenvalue weighted by molar-refractivity contribution is 7.89. The van der Waals surface area contributed by atoms with Crippen LogP contribution in [0, 0.1) is 10.1 Å². The van der Waals surface area contributed by atoms with Crippen LogP contribution >= 0.6 is 0 Å². The number of hydrogen-bond donors (Lipinski definition) is 2. The van der Waals surface area contributed by atoms with Crippen molar-refractivity contribution >= 4 is 21.4 Å². The summed E-state index contributed by atoms with van der Waals surface area (Å²) in [5.41, 5.74) is 4.73. The summed E-state index contributed by atoms with van der Waals surface area (Å²) in [4.78, 5) is 11.8. The number of nitrogens with one attached hydrogen (secondary N) is 1. The van der Waals surface area contributed by atoms with Crippen molar-refractivity contribution in [3.8, 4) is 0 Å². The minimum Gasteiger partial charge on any atom is -0.393 e. The van der Waals surface area contributed by atoms with Gasteiger partial charge in [0.1, 0.15) is 5.69 Å². The van der Waals surface area contributed by atoms with E-state index in [4.69, 9.17) is 5.73 Å². The van der Waals surface area contributed by atoms with Crippen molar-refractivity contribution in [3.63, 3.8) is 0 Å². The zero-order chi connectivity index (χ0) is 16.0. The van der Waals surface area contributed by atoms with Crippen molar-refractivity contribution in [1.29, 1.82) is 0 Å². The van der Waals surface area contributed by atoms with Gasteiger partial charge < -0.3 is 10.6 Å². The van der Waals surface area contributed by atoms with Crippen molar-refractivity contribution in [2.24, 2.45) is 0 Å². The third-order valence-corrected chi connectivity index (χ3v) is 4.61. The Hall–Kier alpha value is -1.71. The molecule has 0 radical (unpaired) electrons. The van der Waals surface area contributed by atoms with Gasteiger partial charge in [-0.1, -0.05) is 19.9 Å². The summed E-state index contributed by atoms with van der Waals surface area (Å²) in [7, 11) is -3.97. The lowest BCUT2D eigenvalue weighted by atomic mass is 10.3. The molecule has 0 amide bonds. The summed E-state index contributed by atoms with van der Waals surface area (Å²) in [6.45, 7) is 6.26. The molecule has 1 aromatic carbocycles. The molecule has 9 heteroatoms. The van der Waals surface area contributed by atoms with Crippen molar-refractivity contribution in [2.45, 2.75) is 18.7 Å². The third-order valence-electron chi connectivity index (χ3n) is 3.12. The fourth-order valence-electron chi connectivity index (χ4n) is 1.91. The zero-order valence-corrected chi connectivity index (χ0v) is 12.9. The molecule has 1 rings (SSSR count). The molecule has 0 spiro atoms. The van der Waals surface area contributed by atoms with Crippen molar-refractivity contribution in [2.75, 3.05) is 31.9 Å². The van der Waals surface area contributed by atoms with E-state index in [-0.39, 0.29) is 12.2 Å². The van der Waals surface area contributed by atoms with E-state index in [1.807, 2.05) is 18.7 Å². The van der Waals surface area contributed by atoms with E-state index in [9.17, 15) is 18.5 Å². The summed E-state index contributed by atoms with van der Waals surface area (Å²) >= 11 is 0. The molecule has 0 unspecified atom stereocenters. The zero-order valence-electron chi connectivity index (χ0n) is 12.1. The smallest absolute Gasteiger partial charge is 0.312 e. The maximum absolute atomic E-state index is 12.2. The second kappa shape index (κ2) is 7.34. The fourth-order valence-corrected chi connectivity index (χ4v) is 3.13. The molecule has 0 bridgehead atoms. The van der Waals surface area contributed by atoms with Gasteiger partial charge in [-0.15, -0.1) is 0 Å². The highest BCUT2D eigenvalue weighted by atomic mass is 32.2. The van der Waals surface area contributed by atoms with Gasteiger partial charge in [-0.2, -0.15) is 0 Å². The minimum absolute atomic E-state index is 0.174. The molecule has 0 atom stereocenters. The molecule has 0 saturated carbocycles. The SMILES string of the molecule is CCN(CC)CCNS(=O)(=O)c1cccc(N)c1[N+](=O)[O-]. The number of nitrogens with zero attached hydrogens (tertiary/aromatic N) is 2. The Morgan fingerprint density at radius 3 is 2.48 bits per heavy atom. The van der Waals surface area contributed by atoms with Gasteiger partial charge in [-0.25, -0.2) is 13.1 Å². The molecular formula is C12H20N4O4S. The molecule has 0 aliphatic rings. The van der Waals surface area contributed by atoms with Crippen molar-refractivity contribution in [3.05, 3.63) is 28.3 Å². The number of anilines is 1.